The topological polar surface area (TPSA) is 70.9 Å². The molecule has 0 spiro atoms. The van der Waals surface area contributed by atoms with Crippen LogP contribution in [-0.2, 0) is 7.05 Å². The van der Waals surface area contributed by atoms with Crippen molar-refractivity contribution in [2.45, 2.75) is 6.92 Å². The molecule has 0 amide bonds. The zero-order valence-corrected chi connectivity index (χ0v) is 7.33. The Morgan fingerprint density at radius 3 is 3.00 bits per heavy atom. The molecule has 0 fully saturated rings. The number of nitrogens with zero attached hydrogens (tertiary/aromatic N) is 2. The minimum absolute atomic E-state index is 0.115. The second-order valence-corrected chi connectivity index (χ2v) is 2.98. The monoisotopic (exact) mass is 179 g/mol. The van der Waals surface area contributed by atoms with Crippen LogP contribution in [0.1, 0.15) is 5.56 Å². The van der Waals surface area contributed by atoms with E-state index in [1.165, 1.54) is 0 Å². The number of nitrogens with one attached hydrogen (secondary N) is 1. The quantitative estimate of drug-likeness (QED) is 0.610. The lowest BCUT2D eigenvalue weighted by atomic mass is 10.2. The van der Waals surface area contributed by atoms with Gasteiger partial charge in [0.15, 0.2) is 5.88 Å². The van der Waals surface area contributed by atoms with Gasteiger partial charge in [-0.3, -0.25) is 9.78 Å². The van der Waals surface area contributed by atoms with Gasteiger partial charge in [-0.05, 0) is 6.92 Å². The molecule has 0 saturated heterocycles. The fourth-order valence-corrected chi connectivity index (χ4v) is 1.35. The first kappa shape index (κ1) is 7.85. The molecule has 2 N–H and O–H groups in total. The van der Waals surface area contributed by atoms with Gasteiger partial charge in [0.25, 0.3) is 5.56 Å². The second kappa shape index (κ2) is 2.35. The normalized spacial score (nSPS) is 10.9. The average molecular weight is 179 g/mol. The number of aromatic nitrogens is 3. The lowest BCUT2D eigenvalue weighted by Crippen LogP contribution is -2.09. The molecule has 5 heteroatoms. The fourth-order valence-electron chi connectivity index (χ4n) is 1.35. The highest BCUT2D eigenvalue weighted by Crippen LogP contribution is 2.18. The summed E-state index contributed by atoms with van der Waals surface area (Å²) in [4.78, 5) is 17.7. The molecule has 5 nitrogen and oxygen atoms in total. The van der Waals surface area contributed by atoms with E-state index in [2.05, 4.69) is 9.97 Å². The first-order valence-electron chi connectivity index (χ1n) is 3.84. The second-order valence-electron chi connectivity index (χ2n) is 2.98. The molecule has 0 aliphatic rings. The van der Waals surface area contributed by atoms with E-state index in [1.807, 2.05) is 0 Å². The number of aromatic hydroxyl groups is 1. The number of rotatable bonds is 0. The molecule has 0 aliphatic carbocycles. The van der Waals surface area contributed by atoms with Gasteiger partial charge in [0, 0.05) is 12.6 Å². The predicted molar refractivity (Wildman–Crippen MR) is 47.7 cm³/mol. The van der Waals surface area contributed by atoms with Gasteiger partial charge in [0.2, 0.25) is 0 Å². The summed E-state index contributed by atoms with van der Waals surface area (Å²) < 4.78 is 1.63. The van der Waals surface area contributed by atoms with Crippen molar-refractivity contribution in [1.82, 2.24) is 14.5 Å². The van der Waals surface area contributed by atoms with Gasteiger partial charge in [0.05, 0.1) is 6.33 Å². The lowest BCUT2D eigenvalue weighted by molar-refractivity contribution is 0.448. The van der Waals surface area contributed by atoms with Gasteiger partial charge in [-0.2, -0.15) is 0 Å². The van der Waals surface area contributed by atoms with Crippen LogP contribution in [0.25, 0.3) is 11.0 Å². The first-order valence-corrected chi connectivity index (χ1v) is 3.84. The minimum Gasteiger partial charge on any atom is -0.494 e. The van der Waals surface area contributed by atoms with Crippen LogP contribution in [0.5, 0.6) is 5.88 Å². The number of aryl methyl sites for hydroxylation is 2. The molecule has 0 unspecified atom stereocenters. The maximum absolute atomic E-state index is 11.4. The van der Waals surface area contributed by atoms with E-state index in [0.717, 1.165) is 0 Å². The van der Waals surface area contributed by atoms with E-state index in [9.17, 15) is 9.90 Å². The van der Waals surface area contributed by atoms with Crippen molar-refractivity contribution in [1.29, 1.82) is 0 Å². The molecule has 68 valence electrons. The van der Waals surface area contributed by atoms with Crippen LogP contribution in [0, 0.1) is 6.92 Å². The summed E-state index contributed by atoms with van der Waals surface area (Å²) in [6.07, 6.45) is 1.55. The standard InChI is InChI=1S/C8H9N3O2/c1-4-5-6(11(2)3-9-5)8(13)10-7(4)12/h3H,1-2H3,(H2,10,12,13). The van der Waals surface area contributed by atoms with Gasteiger partial charge >= 0.3 is 0 Å². The van der Waals surface area contributed by atoms with Crippen molar-refractivity contribution in [3.63, 3.8) is 0 Å². The molecule has 2 aromatic heterocycles. The van der Waals surface area contributed by atoms with Crippen LogP contribution in [0.15, 0.2) is 11.1 Å². The van der Waals surface area contributed by atoms with Crippen LogP contribution in [0.4, 0.5) is 0 Å². The zero-order chi connectivity index (χ0) is 9.59. The number of imidazole rings is 1. The number of H-pyrrole nitrogens is 1. The summed E-state index contributed by atoms with van der Waals surface area (Å²) in [6.45, 7) is 1.71. The van der Waals surface area contributed by atoms with Gasteiger partial charge in [0.1, 0.15) is 11.0 Å². The largest absolute Gasteiger partial charge is 0.494 e. The molecule has 0 saturated carbocycles. The number of aromatic amines is 1. The Labute approximate surface area is 73.7 Å². The summed E-state index contributed by atoms with van der Waals surface area (Å²) in [5, 5.41) is 9.30. The Hall–Kier alpha value is -1.78. The third-order valence-electron chi connectivity index (χ3n) is 2.09. The van der Waals surface area contributed by atoms with E-state index in [0.29, 0.717) is 16.6 Å². The summed E-state index contributed by atoms with van der Waals surface area (Å²) in [5.74, 6) is -0.115. The van der Waals surface area contributed by atoms with Crippen LogP contribution < -0.4 is 5.56 Å². The van der Waals surface area contributed by atoms with Crippen molar-refractivity contribution in [3.05, 3.63) is 22.2 Å². The van der Waals surface area contributed by atoms with Gasteiger partial charge < -0.3 is 9.67 Å². The highest BCUT2D eigenvalue weighted by Gasteiger charge is 2.10. The predicted octanol–water partition coefficient (Wildman–Crippen LogP) is 0.276. The molecule has 2 aromatic rings. The Bertz CT molecular complexity index is 524. The minimum atomic E-state index is -0.321. The fraction of sp³-hybridized carbons (Fsp3) is 0.250. The highest BCUT2D eigenvalue weighted by molar-refractivity contribution is 5.79. The lowest BCUT2D eigenvalue weighted by Gasteiger charge is -1.98. The maximum Gasteiger partial charge on any atom is 0.276 e. The highest BCUT2D eigenvalue weighted by atomic mass is 16.3. The smallest absolute Gasteiger partial charge is 0.276 e. The molecule has 0 atom stereocenters. The third-order valence-corrected chi connectivity index (χ3v) is 2.09. The summed E-state index contributed by atoms with van der Waals surface area (Å²) in [5.41, 5.74) is 1.30. The third kappa shape index (κ3) is 0.932. The zero-order valence-electron chi connectivity index (χ0n) is 7.33. The van der Waals surface area contributed by atoms with Crippen LogP contribution in [-0.4, -0.2) is 19.6 Å². The molecule has 0 bridgehead atoms. The van der Waals surface area contributed by atoms with Crippen molar-refractivity contribution >= 4 is 11.0 Å². The van der Waals surface area contributed by atoms with E-state index < -0.39 is 0 Å². The maximum atomic E-state index is 11.4. The van der Waals surface area contributed by atoms with Crippen LogP contribution in [0.2, 0.25) is 0 Å². The van der Waals surface area contributed by atoms with Crippen molar-refractivity contribution < 1.29 is 5.11 Å². The molecule has 0 radical (unpaired) electrons. The van der Waals surface area contributed by atoms with Crippen LogP contribution in [0.3, 0.4) is 0 Å². The Morgan fingerprint density at radius 2 is 2.31 bits per heavy atom. The van der Waals surface area contributed by atoms with E-state index in [-0.39, 0.29) is 11.4 Å². The van der Waals surface area contributed by atoms with Crippen molar-refractivity contribution in [3.8, 4) is 5.88 Å². The number of hydrogen-bond donors (Lipinski definition) is 2. The summed E-state index contributed by atoms with van der Waals surface area (Å²) in [7, 11) is 1.74. The molecule has 0 aliphatic heterocycles. The van der Waals surface area contributed by atoms with E-state index in [4.69, 9.17) is 0 Å². The average Bonchev–Trinajstić information content (AvgIpc) is 2.44. The Kier molecular flexibility index (Phi) is 1.42. The van der Waals surface area contributed by atoms with E-state index in [1.54, 1.807) is 24.9 Å². The van der Waals surface area contributed by atoms with E-state index >= 15 is 0 Å². The van der Waals surface area contributed by atoms with Crippen LogP contribution >= 0.6 is 0 Å². The number of fused-ring (bicyclic) bond motifs is 1. The Balaban J connectivity index is 3.08. The molecule has 2 heterocycles. The van der Waals surface area contributed by atoms with Crippen molar-refractivity contribution in [2.24, 2.45) is 7.05 Å². The first-order chi connectivity index (χ1) is 6.11. The van der Waals surface area contributed by atoms with Crippen molar-refractivity contribution in [2.75, 3.05) is 0 Å². The molecular weight excluding hydrogens is 170 g/mol. The molecular formula is C8H9N3O2. The number of hydrogen-bond acceptors (Lipinski definition) is 3. The molecule has 13 heavy (non-hydrogen) atoms. The molecule has 2 rings (SSSR count). The van der Waals surface area contributed by atoms with Gasteiger partial charge in [-0.15, -0.1) is 0 Å². The summed E-state index contributed by atoms with van der Waals surface area (Å²) in [6, 6.07) is 0. The van der Waals surface area contributed by atoms with Gasteiger partial charge in [-0.25, -0.2) is 4.98 Å². The SMILES string of the molecule is Cc1c(O)[nH]c(=O)c2c1ncn2C. The van der Waals surface area contributed by atoms with Gasteiger partial charge in [-0.1, -0.05) is 0 Å². The molecule has 0 aromatic carbocycles. The number of pyridine rings is 1. The Morgan fingerprint density at radius 1 is 1.62 bits per heavy atom. The summed E-state index contributed by atoms with van der Waals surface area (Å²) >= 11 is 0.